The fourth-order valence-corrected chi connectivity index (χ4v) is 4.25. The molecule has 1 aromatic heterocycles. The van der Waals surface area contributed by atoms with Gasteiger partial charge in [-0.1, -0.05) is 42.5 Å². The van der Waals surface area contributed by atoms with Gasteiger partial charge in [0.05, 0.1) is 30.5 Å². The quantitative estimate of drug-likeness (QED) is 0.430. The Morgan fingerprint density at radius 3 is 2.51 bits per heavy atom. The summed E-state index contributed by atoms with van der Waals surface area (Å²) in [4.78, 5) is 39.3. The molecule has 180 valence electrons. The van der Waals surface area contributed by atoms with E-state index in [4.69, 9.17) is 9.15 Å². The van der Waals surface area contributed by atoms with Crippen molar-refractivity contribution in [1.82, 2.24) is 5.43 Å². The monoisotopic (exact) mass is 473 g/mol. The van der Waals surface area contributed by atoms with E-state index in [9.17, 15) is 14.4 Å². The smallest absolute Gasteiger partial charge is 0.339 e. The van der Waals surface area contributed by atoms with Crippen LogP contribution in [-0.4, -0.2) is 37.7 Å². The number of nitrogens with one attached hydrogen (secondary N) is 1. The van der Waals surface area contributed by atoms with Crippen LogP contribution < -0.4 is 10.3 Å². The Hall–Kier alpha value is -4.20. The number of furan rings is 1. The van der Waals surface area contributed by atoms with E-state index in [1.165, 1.54) is 12.0 Å². The van der Waals surface area contributed by atoms with Crippen molar-refractivity contribution in [3.8, 4) is 0 Å². The number of hydrazone groups is 1. The van der Waals surface area contributed by atoms with Crippen molar-refractivity contribution in [3.63, 3.8) is 0 Å². The summed E-state index contributed by atoms with van der Waals surface area (Å²) in [5.74, 6) is -0.283. The second-order valence-electron chi connectivity index (χ2n) is 8.34. The van der Waals surface area contributed by atoms with E-state index in [0.29, 0.717) is 35.6 Å². The van der Waals surface area contributed by atoms with Crippen LogP contribution in [0.1, 0.15) is 56.2 Å². The van der Waals surface area contributed by atoms with Gasteiger partial charge in [-0.15, -0.1) is 0 Å². The molecule has 35 heavy (non-hydrogen) atoms. The largest absolute Gasteiger partial charge is 0.465 e. The Bertz CT molecular complexity index is 1290. The summed E-state index contributed by atoms with van der Waals surface area (Å²) in [6, 6.07) is 16.2. The van der Waals surface area contributed by atoms with Crippen LogP contribution in [0.2, 0.25) is 0 Å². The second-order valence-corrected chi connectivity index (χ2v) is 8.34. The summed E-state index contributed by atoms with van der Waals surface area (Å²) >= 11 is 0. The SMILES string of the molecule is COC(=O)c1ccccc1N(C)C(=O)c1oc2c(c1C)/C(=N/NC(=O)Cc1ccccc1)CCC2. The average molecular weight is 474 g/mol. The van der Waals surface area contributed by atoms with E-state index in [-0.39, 0.29) is 29.6 Å². The first kappa shape index (κ1) is 23.9. The molecule has 2 aromatic carbocycles. The van der Waals surface area contributed by atoms with Gasteiger partial charge in [0, 0.05) is 24.6 Å². The van der Waals surface area contributed by atoms with Gasteiger partial charge in [0.1, 0.15) is 5.76 Å². The first-order valence-electron chi connectivity index (χ1n) is 11.4. The number of nitrogens with zero attached hydrogens (tertiary/aromatic N) is 2. The van der Waals surface area contributed by atoms with Gasteiger partial charge in [0.2, 0.25) is 5.91 Å². The number of aryl methyl sites for hydroxylation is 1. The molecule has 8 heteroatoms. The van der Waals surface area contributed by atoms with E-state index in [2.05, 4.69) is 10.5 Å². The predicted molar refractivity (Wildman–Crippen MR) is 132 cm³/mol. The van der Waals surface area contributed by atoms with Crippen molar-refractivity contribution in [2.75, 3.05) is 19.1 Å². The third kappa shape index (κ3) is 5.01. The third-order valence-electron chi connectivity index (χ3n) is 6.02. The number of hydrogen-bond acceptors (Lipinski definition) is 6. The molecule has 1 N–H and O–H groups in total. The molecular formula is C27H27N3O5. The molecule has 8 nitrogen and oxygen atoms in total. The summed E-state index contributed by atoms with van der Waals surface area (Å²) in [5, 5.41) is 4.38. The zero-order valence-corrected chi connectivity index (χ0v) is 20.0. The van der Waals surface area contributed by atoms with Crippen molar-refractivity contribution in [1.29, 1.82) is 0 Å². The predicted octanol–water partition coefficient (Wildman–Crippen LogP) is 4.05. The Kier molecular flexibility index (Phi) is 7.10. The molecule has 3 aromatic rings. The molecule has 1 aliphatic rings. The number of carbonyl (C=O) groups is 3. The molecule has 0 fully saturated rings. The summed E-state index contributed by atoms with van der Waals surface area (Å²) in [5.41, 5.74) is 6.34. The molecule has 0 saturated heterocycles. The number of methoxy groups -OCH3 is 1. The summed E-state index contributed by atoms with van der Waals surface area (Å²) < 4.78 is 10.8. The van der Waals surface area contributed by atoms with Gasteiger partial charge in [0.25, 0.3) is 5.91 Å². The minimum Gasteiger partial charge on any atom is -0.465 e. The lowest BCUT2D eigenvalue weighted by atomic mass is 9.93. The second kappa shape index (κ2) is 10.4. The Balaban J connectivity index is 1.58. The highest BCUT2D eigenvalue weighted by Gasteiger charge is 2.30. The van der Waals surface area contributed by atoms with E-state index in [0.717, 1.165) is 17.5 Å². The molecule has 0 aliphatic heterocycles. The molecule has 0 atom stereocenters. The van der Waals surface area contributed by atoms with Crippen LogP contribution in [0, 0.1) is 6.92 Å². The van der Waals surface area contributed by atoms with Crippen LogP contribution in [0.4, 0.5) is 5.69 Å². The maximum atomic E-state index is 13.4. The van der Waals surface area contributed by atoms with Gasteiger partial charge in [-0.05, 0) is 37.5 Å². The van der Waals surface area contributed by atoms with Gasteiger partial charge < -0.3 is 14.1 Å². The molecule has 1 heterocycles. The number of esters is 1. The van der Waals surface area contributed by atoms with Crippen LogP contribution >= 0.6 is 0 Å². The van der Waals surface area contributed by atoms with Crippen molar-refractivity contribution < 1.29 is 23.5 Å². The van der Waals surface area contributed by atoms with Crippen LogP contribution in [0.3, 0.4) is 0 Å². The number of carbonyl (C=O) groups excluding carboxylic acids is 3. The van der Waals surface area contributed by atoms with E-state index in [1.807, 2.05) is 37.3 Å². The molecule has 1 aliphatic carbocycles. The number of benzene rings is 2. The number of anilines is 1. The summed E-state index contributed by atoms with van der Waals surface area (Å²) in [7, 11) is 2.88. The van der Waals surface area contributed by atoms with Crippen LogP contribution in [-0.2, 0) is 22.4 Å². The Morgan fingerprint density at radius 2 is 1.77 bits per heavy atom. The van der Waals surface area contributed by atoms with Crippen LogP contribution in [0.5, 0.6) is 0 Å². The highest BCUT2D eigenvalue weighted by atomic mass is 16.5. The molecule has 0 unspecified atom stereocenters. The zero-order chi connectivity index (χ0) is 24.9. The molecular weight excluding hydrogens is 446 g/mol. The van der Waals surface area contributed by atoms with Crippen molar-refractivity contribution in [3.05, 3.63) is 88.4 Å². The van der Waals surface area contributed by atoms with E-state index < -0.39 is 5.97 Å². The number of amides is 2. The highest BCUT2D eigenvalue weighted by Crippen LogP contribution is 2.31. The van der Waals surface area contributed by atoms with E-state index in [1.54, 1.807) is 31.3 Å². The minimum atomic E-state index is -0.531. The number of fused-ring (bicyclic) bond motifs is 1. The molecule has 0 spiro atoms. The fraction of sp³-hybridized carbons (Fsp3) is 0.259. The molecule has 4 rings (SSSR count). The van der Waals surface area contributed by atoms with Gasteiger partial charge in [-0.25, -0.2) is 10.2 Å². The number of para-hydroxylation sites is 1. The van der Waals surface area contributed by atoms with Crippen LogP contribution in [0.15, 0.2) is 64.1 Å². The lowest BCUT2D eigenvalue weighted by Crippen LogP contribution is -2.28. The number of rotatable bonds is 6. The van der Waals surface area contributed by atoms with Crippen molar-refractivity contribution in [2.45, 2.75) is 32.6 Å². The van der Waals surface area contributed by atoms with Gasteiger partial charge in [-0.3, -0.25) is 9.59 Å². The van der Waals surface area contributed by atoms with E-state index >= 15 is 0 Å². The van der Waals surface area contributed by atoms with Crippen LogP contribution in [0.25, 0.3) is 0 Å². The highest BCUT2D eigenvalue weighted by molar-refractivity contribution is 6.11. The topological polar surface area (TPSA) is 101 Å². The van der Waals surface area contributed by atoms with Gasteiger partial charge in [0.15, 0.2) is 5.76 Å². The maximum Gasteiger partial charge on any atom is 0.339 e. The lowest BCUT2D eigenvalue weighted by molar-refractivity contribution is -0.120. The minimum absolute atomic E-state index is 0.183. The molecule has 0 radical (unpaired) electrons. The summed E-state index contributed by atoms with van der Waals surface area (Å²) in [6.45, 7) is 1.81. The lowest BCUT2D eigenvalue weighted by Gasteiger charge is -2.19. The van der Waals surface area contributed by atoms with Gasteiger partial charge >= 0.3 is 5.97 Å². The van der Waals surface area contributed by atoms with Crippen molar-refractivity contribution >= 4 is 29.2 Å². The Morgan fingerprint density at radius 1 is 1.06 bits per heavy atom. The maximum absolute atomic E-state index is 13.4. The normalized spacial score (nSPS) is 13.7. The summed E-state index contributed by atoms with van der Waals surface area (Å²) in [6.07, 6.45) is 2.35. The standard InChI is InChI=1S/C27H27N3O5/c1-17-24-20(28-29-23(31)16-18-10-5-4-6-11-18)13-9-15-22(24)35-25(17)26(32)30(2)21-14-8-7-12-19(21)27(33)34-3/h4-8,10-12,14H,9,13,15-16H2,1-3H3,(H,29,31)/b28-20+. The first-order chi connectivity index (χ1) is 16.9. The average Bonchev–Trinajstić information content (AvgIpc) is 3.23. The molecule has 0 saturated carbocycles. The van der Waals surface area contributed by atoms with Gasteiger partial charge in [-0.2, -0.15) is 5.10 Å². The third-order valence-corrected chi connectivity index (χ3v) is 6.02. The zero-order valence-electron chi connectivity index (χ0n) is 20.0. The first-order valence-corrected chi connectivity index (χ1v) is 11.4. The number of hydrogen-bond donors (Lipinski definition) is 1. The van der Waals surface area contributed by atoms with Crippen molar-refractivity contribution in [2.24, 2.45) is 5.10 Å². The molecule has 0 bridgehead atoms. The Labute approximate surface area is 203 Å². The molecule has 2 amide bonds. The number of ether oxygens (including phenoxy) is 1. The fourth-order valence-electron chi connectivity index (χ4n) is 4.25.